The normalized spacial score (nSPS) is 13.0. The van der Waals surface area contributed by atoms with E-state index in [1.807, 2.05) is 0 Å². The second-order valence-electron chi connectivity index (χ2n) is 4.38. The number of hydrogen-bond donors (Lipinski definition) is 1. The van der Waals surface area contributed by atoms with Crippen LogP contribution in [0.25, 0.3) is 0 Å². The van der Waals surface area contributed by atoms with Crippen LogP contribution in [0, 0.1) is 11.6 Å². The molecule has 2 rings (SSSR count). The summed E-state index contributed by atoms with van der Waals surface area (Å²) < 4.78 is 67.4. The van der Waals surface area contributed by atoms with Gasteiger partial charge < -0.3 is 10.5 Å². The number of nitrogens with two attached hydrogens (primary N) is 1. The van der Waals surface area contributed by atoms with Gasteiger partial charge in [-0.05, 0) is 29.8 Å². The number of ether oxygens (including phenoxy) is 1. The van der Waals surface area contributed by atoms with E-state index in [-0.39, 0.29) is 10.6 Å². The summed E-state index contributed by atoms with van der Waals surface area (Å²) in [6, 6.07) is 5.01. The fourth-order valence-electron chi connectivity index (χ4n) is 1.89. The first-order valence-corrected chi connectivity index (χ1v) is 6.31. The topological polar surface area (TPSA) is 35.2 Å². The molecule has 0 bridgehead atoms. The summed E-state index contributed by atoms with van der Waals surface area (Å²) >= 11 is 5.51. The van der Waals surface area contributed by atoms with Crippen LogP contribution in [0.4, 0.5) is 22.0 Å². The molecule has 0 spiro atoms. The zero-order valence-corrected chi connectivity index (χ0v) is 11.6. The van der Waals surface area contributed by atoms with E-state index in [0.717, 1.165) is 24.3 Å². The standard InChI is InChI=1S/C14H9ClF5NO/c15-8-5-10(16)12(11(17)6-8)13(21)7-1-3-9(4-2-7)22-14(18,19)20/h1-6,13H,21H2/t13-/m1/s1. The molecule has 1 atom stereocenters. The SMILES string of the molecule is N[C@H](c1ccc(OC(F)(F)F)cc1)c1c(F)cc(Cl)cc1F. The quantitative estimate of drug-likeness (QED) is 0.833. The van der Waals surface area contributed by atoms with Gasteiger partial charge in [-0.1, -0.05) is 23.7 Å². The maximum absolute atomic E-state index is 13.8. The molecule has 0 unspecified atom stereocenters. The second kappa shape index (κ2) is 6.10. The highest BCUT2D eigenvalue weighted by atomic mass is 35.5. The molecule has 0 saturated heterocycles. The molecule has 0 aliphatic heterocycles. The van der Waals surface area contributed by atoms with Gasteiger partial charge in [-0.15, -0.1) is 13.2 Å². The van der Waals surface area contributed by atoms with Gasteiger partial charge in [0.1, 0.15) is 17.4 Å². The zero-order valence-electron chi connectivity index (χ0n) is 10.8. The molecular weight excluding hydrogens is 329 g/mol. The number of alkyl halides is 3. The average Bonchev–Trinajstić information content (AvgIpc) is 2.36. The molecule has 0 radical (unpaired) electrons. The number of hydrogen-bond acceptors (Lipinski definition) is 2. The third-order valence-electron chi connectivity index (χ3n) is 2.83. The summed E-state index contributed by atoms with van der Waals surface area (Å²) in [4.78, 5) is 0. The van der Waals surface area contributed by atoms with Crippen LogP contribution in [0.1, 0.15) is 17.2 Å². The van der Waals surface area contributed by atoms with Crippen LogP contribution in [0.5, 0.6) is 5.75 Å². The summed E-state index contributed by atoms with van der Waals surface area (Å²) in [5, 5.41) is -0.125. The lowest BCUT2D eigenvalue weighted by molar-refractivity contribution is -0.274. The third kappa shape index (κ3) is 3.86. The first kappa shape index (κ1) is 16.5. The molecule has 2 nitrogen and oxygen atoms in total. The minimum absolute atomic E-state index is 0.125. The van der Waals surface area contributed by atoms with Gasteiger partial charge in [-0.3, -0.25) is 0 Å². The van der Waals surface area contributed by atoms with Gasteiger partial charge in [0.05, 0.1) is 6.04 Å². The molecule has 2 aromatic rings. The van der Waals surface area contributed by atoms with Crippen molar-refractivity contribution in [1.29, 1.82) is 0 Å². The molecule has 0 aliphatic rings. The molecule has 0 amide bonds. The van der Waals surface area contributed by atoms with Gasteiger partial charge in [0.2, 0.25) is 0 Å². The van der Waals surface area contributed by atoms with Crippen LogP contribution in [0.15, 0.2) is 36.4 Å². The molecule has 2 N–H and O–H groups in total. The molecule has 0 saturated carbocycles. The van der Waals surface area contributed by atoms with Crippen molar-refractivity contribution < 1.29 is 26.7 Å². The van der Waals surface area contributed by atoms with Crippen molar-refractivity contribution in [2.24, 2.45) is 5.73 Å². The van der Waals surface area contributed by atoms with Gasteiger partial charge in [0.25, 0.3) is 0 Å². The summed E-state index contributed by atoms with van der Waals surface area (Å²) in [5.41, 5.74) is 5.55. The van der Waals surface area contributed by atoms with Crippen LogP contribution in [-0.2, 0) is 0 Å². The minimum atomic E-state index is -4.82. The summed E-state index contributed by atoms with van der Waals surface area (Å²) in [5.74, 6) is -2.33. The first-order valence-electron chi connectivity index (χ1n) is 5.93. The van der Waals surface area contributed by atoms with E-state index >= 15 is 0 Å². The summed E-state index contributed by atoms with van der Waals surface area (Å²) in [6.45, 7) is 0. The highest BCUT2D eigenvalue weighted by molar-refractivity contribution is 6.30. The molecule has 0 heterocycles. The highest BCUT2D eigenvalue weighted by Gasteiger charge is 2.31. The lowest BCUT2D eigenvalue weighted by Gasteiger charge is -2.15. The Morgan fingerprint density at radius 2 is 1.50 bits per heavy atom. The number of rotatable bonds is 3. The predicted octanol–water partition coefficient (Wildman–Crippen LogP) is 4.56. The van der Waals surface area contributed by atoms with Crippen LogP contribution >= 0.6 is 11.6 Å². The fraction of sp³-hybridized carbons (Fsp3) is 0.143. The minimum Gasteiger partial charge on any atom is -0.406 e. The van der Waals surface area contributed by atoms with E-state index in [1.54, 1.807) is 0 Å². The third-order valence-corrected chi connectivity index (χ3v) is 3.05. The molecule has 118 valence electrons. The Morgan fingerprint density at radius 3 is 1.95 bits per heavy atom. The maximum atomic E-state index is 13.8. The van der Waals surface area contributed by atoms with E-state index in [9.17, 15) is 22.0 Å². The Labute approximate surface area is 127 Å². The molecule has 8 heteroatoms. The van der Waals surface area contributed by atoms with Crippen LogP contribution in [0.3, 0.4) is 0 Å². The van der Waals surface area contributed by atoms with Gasteiger partial charge in [0, 0.05) is 10.6 Å². The monoisotopic (exact) mass is 337 g/mol. The van der Waals surface area contributed by atoms with E-state index in [2.05, 4.69) is 4.74 Å². The van der Waals surface area contributed by atoms with Crippen LogP contribution < -0.4 is 10.5 Å². The molecule has 2 aromatic carbocycles. The molecule has 22 heavy (non-hydrogen) atoms. The van der Waals surface area contributed by atoms with Crippen LogP contribution in [-0.4, -0.2) is 6.36 Å². The largest absolute Gasteiger partial charge is 0.573 e. The van der Waals surface area contributed by atoms with E-state index < -0.39 is 35.4 Å². The Balaban J connectivity index is 2.29. The highest BCUT2D eigenvalue weighted by Crippen LogP contribution is 2.29. The van der Waals surface area contributed by atoms with E-state index in [4.69, 9.17) is 17.3 Å². The van der Waals surface area contributed by atoms with Crippen molar-refractivity contribution in [3.05, 3.63) is 64.2 Å². The van der Waals surface area contributed by atoms with Gasteiger partial charge >= 0.3 is 6.36 Å². The van der Waals surface area contributed by atoms with Crippen molar-refractivity contribution in [3.63, 3.8) is 0 Å². The fourth-order valence-corrected chi connectivity index (χ4v) is 2.09. The second-order valence-corrected chi connectivity index (χ2v) is 4.81. The smallest absolute Gasteiger partial charge is 0.406 e. The van der Waals surface area contributed by atoms with Gasteiger partial charge in [0.15, 0.2) is 0 Å². The lowest BCUT2D eigenvalue weighted by atomic mass is 9.98. The number of benzene rings is 2. The van der Waals surface area contributed by atoms with Crippen molar-refractivity contribution in [3.8, 4) is 5.75 Å². The van der Waals surface area contributed by atoms with Crippen molar-refractivity contribution in [1.82, 2.24) is 0 Å². The summed E-state index contributed by atoms with van der Waals surface area (Å²) in [7, 11) is 0. The van der Waals surface area contributed by atoms with Crippen molar-refractivity contribution in [2.45, 2.75) is 12.4 Å². The summed E-state index contributed by atoms with van der Waals surface area (Å²) in [6.07, 6.45) is -4.82. The predicted molar refractivity (Wildman–Crippen MR) is 70.5 cm³/mol. The molecular formula is C14H9ClF5NO. The first-order chi connectivity index (χ1) is 10.2. The Kier molecular flexibility index (Phi) is 4.58. The van der Waals surface area contributed by atoms with E-state index in [1.165, 1.54) is 12.1 Å². The van der Waals surface area contributed by atoms with Gasteiger partial charge in [-0.25, -0.2) is 8.78 Å². The van der Waals surface area contributed by atoms with Crippen LogP contribution in [0.2, 0.25) is 5.02 Å². The lowest BCUT2D eigenvalue weighted by Crippen LogP contribution is -2.18. The molecule has 0 aromatic heterocycles. The van der Waals surface area contributed by atoms with Gasteiger partial charge in [-0.2, -0.15) is 0 Å². The van der Waals surface area contributed by atoms with E-state index in [0.29, 0.717) is 0 Å². The van der Waals surface area contributed by atoms with Crippen molar-refractivity contribution >= 4 is 11.6 Å². The zero-order chi connectivity index (χ0) is 16.5. The Morgan fingerprint density at radius 1 is 1.00 bits per heavy atom. The molecule has 0 aliphatic carbocycles. The average molecular weight is 338 g/mol. The van der Waals surface area contributed by atoms with Crippen molar-refractivity contribution in [2.75, 3.05) is 0 Å². The Bertz CT molecular complexity index is 649. The number of halogens is 6. The Hall–Kier alpha value is -1.86. The molecule has 0 fully saturated rings. The maximum Gasteiger partial charge on any atom is 0.573 e.